The monoisotopic (exact) mass is 807 g/mol. The van der Waals surface area contributed by atoms with E-state index in [1.807, 2.05) is 36.4 Å². The van der Waals surface area contributed by atoms with E-state index in [-0.39, 0.29) is 21.1 Å². The van der Waals surface area contributed by atoms with Gasteiger partial charge in [0.15, 0.2) is 0 Å². The Labute approximate surface area is 296 Å². The predicted molar refractivity (Wildman–Crippen MR) is 200 cm³/mol. The maximum atomic E-state index is 5.28. The molecule has 2 N–H and O–H groups in total. The van der Waals surface area contributed by atoms with E-state index in [4.69, 9.17) is 9.97 Å². The van der Waals surface area contributed by atoms with E-state index in [2.05, 4.69) is 89.6 Å². The quantitative estimate of drug-likeness (QED) is 0.186. The average Bonchev–Trinajstić information content (AvgIpc) is 3.80. The molecular formula is C42H52N4Pt+2. The molecule has 0 unspecified atom stereocenters. The molecule has 0 saturated heterocycles. The number of nitrogens with zero attached hydrogens (tertiary/aromatic N) is 2. The van der Waals surface area contributed by atoms with E-state index in [0.29, 0.717) is 0 Å². The molecule has 0 amide bonds. The minimum atomic E-state index is 0. The summed E-state index contributed by atoms with van der Waals surface area (Å²) >= 11 is 0. The van der Waals surface area contributed by atoms with Gasteiger partial charge in [0.1, 0.15) is 0 Å². The Morgan fingerprint density at radius 1 is 0.362 bits per heavy atom. The van der Waals surface area contributed by atoms with Crippen LogP contribution in [-0.2, 0) is 46.7 Å². The van der Waals surface area contributed by atoms with Gasteiger partial charge in [-0.25, -0.2) is 9.97 Å². The van der Waals surface area contributed by atoms with Gasteiger partial charge >= 0.3 is 21.1 Å². The zero-order valence-electron chi connectivity index (χ0n) is 29.6. The Morgan fingerprint density at radius 3 is 0.872 bits per heavy atom. The number of hydrogen-bond acceptors (Lipinski definition) is 2. The first kappa shape index (κ1) is 36.3. The van der Waals surface area contributed by atoms with E-state index in [9.17, 15) is 0 Å². The summed E-state index contributed by atoms with van der Waals surface area (Å²) in [6, 6.07) is 21.2. The van der Waals surface area contributed by atoms with Crippen molar-refractivity contribution in [2.45, 2.75) is 107 Å². The van der Waals surface area contributed by atoms with Gasteiger partial charge in [-0.05, 0) is 120 Å². The van der Waals surface area contributed by atoms with Crippen molar-refractivity contribution < 1.29 is 21.1 Å². The molecule has 4 nitrogen and oxygen atoms in total. The summed E-state index contributed by atoms with van der Waals surface area (Å²) in [4.78, 5) is 18.2. The third kappa shape index (κ3) is 7.19. The summed E-state index contributed by atoms with van der Waals surface area (Å²) in [5, 5.41) is 0. The van der Waals surface area contributed by atoms with Crippen LogP contribution in [0.15, 0.2) is 60.7 Å². The molecule has 2 aliphatic heterocycles. The SMILES string of the molecule is CCC1=C(CC)c2cc3[nH]c(cc4[nH]c(cc5nc(cc1n2)C(CC)=C5CC)c(CC)c4CC)c(CC)c3CC.[Pt+2].c1ccccc1. The zero-order chi connectivity index (χ0) is 32.8. The van der Waals surface area contributed by atoms with E-state index in [1.165, 1.54) is 66.6 Å². The van der Waals surface area contributed by atoms with Crippen molar-refractivity contribution in [1.29, 1.82) is 0 Å². The third-order valence-electron chi connectivity index (χ3n) is 9.63. The number of allylic oxidation sites excluding steroid dienone is 4. The van der Waals surface area contributed by atoms with E-state index < -0.39 is 0 Å². The van der Waals surface area contributed by atoms with Gasteiger partial charge in [0.25, 0.3) is 0 Å². The summed E-state index contributed by atoms with van der Waals surface area (Å²) in [5.74, 6) is 0. The van der Waals surface area contributed by atoms with Gasteiger partial charge in [-0.15, -0.1) is 0 Å². The summed E-state index contributed by atoms with van der Waals surface area (Å²) in [5.41, 5.74) is 20.2. The van der Waals surface area contributed by atoms with Crippen LogP contribution in [0.2, 0.25) is 0 Å². The molecule has 6 rings (SSSR count). The van der Waals surface area contributed by atoms with Crippen LogP contribution >= 0.6 is 0 Å². The first-order chi connectivity index (χ1) is 22.5. The van der Waals surface area contributed by atoms with Crippen molar-refractivity contribution in [3.8, 4) is 0 Å². The van der Waals surface area contributed by atoms with Crippen LogP contribution in [0.4, 0.5) is 0 Å². The van der Waals surface area contributed by atoms with Crippen LogP contribution in [0.25, 0.3) is 44.4 Å². The fourth-order valence-electron chi connectivity index (χ4n) is 7.49. The van der Waals surface area contributed by atoms with Crippen LogP contribution < -0.4 is 0 Å². The second-order valence-corrected chi connectivity index (χ2v) is 12.1. The Balaban J connectivity index is 0.000000643. The second-order valence-electron chi connectivity index (χ2n) is 12.1. The van der Waals surface area contributed by atoms with Gasteiger partial charge in [0.2, 0.25) is 0 Å². The van der Waals surface area contributed by atoms with Crippen molar-refractivity contribution in [1.82, 2.24) is 19.9 Å². The molecule has 4 aromatic rings. The second kappa shape index (κ2) is 16.6. The first-order valence-corrected chi connectivity index (χ1v) is 17.7. The van der Waals surface area contributed by atoms with Gasteiger partial charge in [-0.1, -0.05) is 91.8 Å². The average molecular weight is 808 g/mol. The molecule has 0 fully saturated rings. The largest absolute Gasteiger partial charge is 2.00 e. The first-order valence-electron chi connectivity index (χ1n) is 17.7. The normalized spacial score (nSPS) is 12.6. The Morgan fingerprint density at radius 2 is 0.617 bits per heavy atom. The van der Waals surface area contributed by atoms with Crippen molar-refractivity contribution in [3.05, 3.63) is 106 Å². The number of aryl methyl sites for hydroxylation is 4. The van der Waals surface area contributed by atoms with E-state index in [0.717, 1.165) is 74.1 Å². The number of fused-ring (bicyclic) bond motifs is 8. The number of aromatic nitrogens is 4. The van der Waals surface area contributed by atoms with Crippen molar-refractivity contribution in [2.75, 3.05) is 0 Å². The van der Waals surface area contributed by atoms with Gasteiger partial charge < -0.3 is 9.97 Å². The van der Waals surface area contributed by atoms with Crippen molar-refractivity contribution >= 4 is 44.4 Å². The topological polar surface area (TPSA) is 57.4 Å². The molecule has 0 saturated carbocycles. The van der Waals surface area contributed by atoms with Crippen LogP contribution in [0.1, 0.15) is 126 Å². The molecule has 0 aliphatic carbocycles. The van der Waals surface area contributed by atoms with Gasteiger partial charge in [0, 0.05) is 22.1 Å². The van der Waals surface area contributed by atoms with Gasteiger partial charge in [0.05, 0.1) is 22.8 Å². The molecule has 248 valence electrons. The molecule has 0 atom stereocenters. The molecule has 47 heavy (non-hydrogen) atoms. The summed E-state index contributed by atoms with van der Waals surface area (Å²) < 4.78 is 0. The standard InChI is InChI=1S/C36H46N4.C6H6.Pt/c1-9-21-22(10-2)30-18-32-25(13-5)26(14-6)34(39-32)20-36-28(16-8)27(15-7)35(40-36)19-33-24(12-4)23(11-3)31(38-33)17-29(21)37-30;1-2-4-6-5-3-1;/h17-20,37-38H,9-16H2,1-8H3;1-6H;/q;;+2. The summed E-state index contributed by atoms with van der Waals surface area (Å²) in [6.45, 7) is 18.1. The van der Waals surface area contributed by atoms with Crippen LogP contribution in [0.3, 0.4) is 0 Å². The Hall–Kier alpha value is -3.49. The number of aromatic amines is 2. The van der Waals surface area contributed by atoms with E-state index >= 15 is 0 Å². The number of hydrogen-bond donors (Lipinski definition) is 2. The Bertz CT molecular complexity index is 1770. The minimum Gasteiger partial charge on any atom is -0.355 e. The molecule has 2 aliphatic rings. The van der Waals surface area contributed by atoms with Crippen molar-refractivity contribution in [2.24, 2.45) is 0 Å². The maximum Gasteiger partial charge on any atom is 2.00 e. The molecule has 0 radical (unpaired) electrons. The number of H-pyrrole nitrogens is 2. The molecule has 5 heteroatoms. The minimum absolute atomic E-state index is 0. The maximum absolute atomic E-state index is 5.28. The van der Waals surface area contributed by atoms with Crippen LogP contribution in [0, 0.1) is 0 Å². The smallest absolute Gasteiger partial charge is 0.355 e. The van der Waals surface area contributed by atoms with Gasteiger partial charge in [-0.2, -0.15) is 0 Å². The van der Waals surface area contributed by atoms with Crippen LogP contribution in [-0.4, -0.2) is 19.9 Å². The number of nitrogens with one attached hydrogen (secondary N) is 2. The fourth-order valence-corrected chi connectivity index (χ4v) is 7.49. The third-order valence-corrected chi connectivity index (χ3v) is 9.63. The van der Waals surface area contributed by atoms with Gasteiger partial charge in [-0.3, -0.25) is 0 Å². The number of benzene rings is 1. The zero-order valence-corrected chi connectivity index (χ0v) is 31.9. The fraction of sp³-hybridized carbons (Fsp3) is 0.381. The van der Waals surface area contributed by atoms with Crippen LogP contribution in [0.5, 0.6) is 0 Å². The molecule has 0 spiro atoms. The Kier molecular flexibility index (Phi) is 12.8. The molecule has 3 aromatic heterocycles. The van der Waals surface area contributed by atoms with E-state index in [1.54, 1.807) is 0 Å². The molecule has 1 aromatic carbocycles. The molecular weight excluding hydrogens is 756 g/mol. The molecule has 5 heterocycles. The molecule has 8 bridgehead atoms. The van der Waals surface area contributed by atoms with Crippen molar-refractivity contribution in [3.63, 3.8) is 0 Å². The number of rotatable bonds is 8. The predicted octanol–water partition coefficient (Wildman–Crippen LogP) is 11.7. The summed E-state index contributed by atoms with van der Waals surface area (Å²) in [6.07, 6.45) is 7.84. The summed E-state index contributed by atoms with van der Waals surface area (Å²) in [7, 11) is 0.